The Hall–Kier alpha value is -1.26. The number of hydrogen-bond acceptors (Lipinski definition) is 2. The van der Waals surface area contributed by atoms with Crippen LogP contribution in [-0.2, 0) is 0 Å². The van der Waals surface area contributed by atoms with Gasteiger partial charge in [-0.05, 0) is 25.0 Å². The summed E-state index contributed by atoms with van der Waals surface area (Å²) >= 11 is 6.14. The van der Waals surface area contributed by atoms with Gasteiger partial charge in [-0.1, -0.05) is 43.1 Å². The lowest BCUT2D eigenvalue weighted by atomic mass is 10.1. The molecule has 4 nitrogen and oxygen atoms in total. The summed E-state index contributed by atoms with van der Waals surface area (Å²) in [5.41, 5.74) is 3.60. The van der Waals surface area contributed by atoms with Crippen molar-refractivity contribution in [3.05, 3.63) is 34.9 Å². The van der Waals surface area contributed by atoms with Crippen LogP contribution in [0.25, 0.3) is 0 Å². The van der Waals surface area contributed by atoms with Crippen molar-refractivity contribution in [2.75, 3.05) is 6.54 Å². The summed E-state index contributed by atoms with van der Waals surface area (Å²) in [6.07, 6.45) is 2.16. The Balaban J connectivity index is 2.65. The average molecular weight is 269 g/mol. The molecule has 0 bridgehead atoms. The highest BCUT2D eigenvalue weighted by Crippen LogP contribution is 2.21. The van der Waals surface area contributed by atoms with Crippen molar-refractivity contribution in [1.29, 1.82) is 0 Å². The second kappa shape index (κ2) is 7.95. The van der Waals surface area contributed by atoms with E-state index in [1.807, 2.05) is 31.2 Å². The summed E-state index contributed by atoms with van der Waals surface area (Å²) < 4.78 is 0. The third kappa shape index (κ3) is 4.55. The van der Waals surface area contributed by atoms with Crippen molar-refractivity contribution in [2.24, 2.45) is 10.8 Å². The Labute approximate surface area is 114 Å². The highest BCUT2D eigenvalue weighted by Gasteiger charge is 2.10. The van der Waals surface area contributed by atoms with E-state index in [9.17, 15) is 0 Å². The van der Waals surface area contributed by atoms with Gasteiger partial charge in [0.1, 0.15) is 0 Å². The molecular weight excluding hydrogens is 248 g/mol. The molecule has 0 amide bonds. The van der Waals surface area contributed by atoms with Gasteiger partial charge >= 0.3 is 0 Å². The van der Waals surface area contributed by atoms with Crippen molar-refractivity contribution >= 4 is 17.6 Å². The van der Waals surface area contributed by atoms with Crippen LogP contribution in [0.3, 0.4) is 0 Å². The van der Waals surface area contributed by atoms with Crippen molar-refractivity contribution in [3.8, 4) is 0 Å². The lowest BCUT2D eigenvalue weighted by Crippen LogP contribution is -2.42. The number of unbranched alkanes of at least 4 members (excludes halogenated alkanes) is 1. The smallest absolute Gasteiger partial charge is 0.206 e. The molecule has 0 fully saturated rings. The first-order valence-corrected chi connectivity index (χ1v) is 6.58. The summed E-state index contributed by atoms with van der Waals surface area (Å²) in [6, 6.07) is 7.79. The van der Waals surface area contributed by atoms with E-state index < -0.39 is 0 Å². The van der Waals surface area contributed by atoms with Gasteiger partial charge in [-0.15, -0.1) is 0 Å². The predicted molar refractivity (Wildman–Crippen MR) is 77.5 cm³/mol. The number of halogens is 1. The first kappa shape index (κ1) is 14.8. The molecule has 0 radical (unpaired) electrons. The fraction of sp³-hybridized carbons (Fsp3) is 0.462. The highest BCUT2D eigenvalue weighted by molar-refractivity contribution is 6.31. The number of hydrogen-bond donors (Lipinski definition) is 3. The first-order chi connectivity index (χ1) is 8.69. The number of guanidine groups is 1. The van der Waals surface area contributed by atoms with Crippen molar-refractivity contribution in [2.45, 2.75) is 32.7 Å². The zero-order valence-electron chi connectivity index (χ0n) is 10.9. The van der Waals surface area contributed by atoms with E-state index in [4.69, 9.17) is 17.4 Å². The van der Waals surface area contributed by atoms with Crippen LogP contribution in [0, 0.1) is 0 Å². The second-order valence-corrected chi connectivity index (χ2v) is 4.52. The minimum atomic E-state index is 0.0510. The van der Waals surface area contributed by atoms with Gasteiger partial charge in [0.2, 0.25) is 5.96 Å². The van der Waals surface area contributed by atoms with Crippen LogP contribution in [0.4, 0.5) is 0 Å². The van der Waals surface area contributed by atoms with Crippen molar-refractivity contribution in [1.82, 2.24) is 10.7 Å². The number of benzene rings is 1. The summed E-state index contributed by atoms with van der Waals surface area (Å²) in [5, 5.41) is 3.95. The molecule has 4 N–H and O–H groups in total. The summed E-state index contributed by atoms with van der Waals surface area (Å²) in [6.45, 7) is 4.91. The number of nitrogens with two attached hydrogens (primary N) is 1. The molecule has 0 heterocycles. The predicted octanol–water partition coefficient (Wildman–Crippen LogP) is 2.61. The van der Waals surface area contributed by atoms with Gasteiger partial charge in [0.25, 0.3) is 0 Å². The van der Waals surface area contributed by atoms with Crippen LogP contribution in [0.1, 0.15) is 38.3 Å². The summed E-state index contributed by atoms with van der Waals surface area (Å²) in [4.78, 5) is 4.35. The average Bonchev–Trinajstić information content (AvgIpc) is 2.38. The van der Waals surface area contributed by atoms with E-state index in [1.165, 1.54) is 0 Å². The number of nitrogens with zero attached hydrogens (tertiary/aromatic N) is 1. The van der Waals surface area contributed by atoms with Gasteiger partial charge < -0.3 is 5.32 Å². The van der Waals surface area contributed by atoms with Gasteiger partial charge in [-0.2, -0.15) is 0 Å². The maximum absolute atomic E-state index is 6.14. The van der Waals surface area contributed by atoms with Gasteiger partial charge in [-0.3, -0.25) is 10.4 Å². The molecule has 0 saturated carbocycles. The number of rotatable bonds is 5. The normalized spacial score (nSPS) is 13.2. The van der Waals surface area contributed by atoms with E-state index >= 15 is 0 Å². The molecule has 0 aliphatic rings. The van der Waals surface area contributed by atoms with Crippen molar-refractivity contribution in [3.63, 3.8) is 0 Å². The standard InChI is InChI=1S/C13H21ClN4/c1-3-4-9-16-13(18-15)17-10(2)11-7-5-6-8-12(11)14/h5-8,10H,3-4,9,15H2,1-2H3,(H2,16,17,18). The third-order valence-corrected chi connectivity index (χ3v) is 2.99. The van der Waals surface area contributed by atoms with Gasteiger partial charge in [-0.25, -0.2) is 5.84 Å². The maximum Gasteiger partial charge on any atom is 0.206 e. The molecule has 1 aromatic carbocycles. The first-order valence-electron chi connectivity index (χ1n) is 6.21. The monoisotopic (exact) mass is 268 g/mol. The van der Waals surface area contributed by atoms with Crippen LogP contribution in [0.15, 0.2) is 29.3 Å². The van der Waals surface area contributed by atoms with E-state index in [0.717, 1.165) is 30.0 Å². The van der Waals surface area contributed by atoms with Crippen LogP contribution in [0.5, 0.6) is 0 Å². The molecule has 0 aliphatic carbocycles. The Morgan fingerprint density at radius 3 is 2.78 bits per heavy atom. The fourth-order valence-electron chi connectivity index (χ4n) is 1.59. The Morgan fingerprint density at radius 2 is 2.17 bits per heavy atom. The number of hydrazine groups is 1. The molecule has 5 heteroatoms. The molecule has 18 heavy (non-hydrogen) atoms. The lowest BCUT2D eigenvalue weighted by Gasteiger charge is -2.18. The topological polar surface area (TPSA) is 62.4 Å². The molecule has 100 valence electrons. The third-order valence-electron chi connectivity index (χ3n) is 2.64. The van der Waals surface area contributed by atoms with Crippen LogP contribution < -0.4 is 16.6 Å². The minimum Gasteiger partial charge on any atom is -0.349 e. The molecule has 1 atom stereocenters. The Morgan fingerprint density at radius 1 is 1.44 bits per heavy atom. The lowest BCUT2D eigenvalue weighted by molar-refractivity contribution is 0.683. The Kier molecular flexibility index (Phi) is 6.54. The van der Waals surface area contributed by atoms with Gasteiger partial charge in [0, 0.05) is 11.6 Å². The largest absolute Gasteiger partial charge is 0.349 e. The van der Waals surface area contributed by atoms with Gasteiger partial charge in [0.05, 0.1) is 6.04 Å². The molecular formula is C13H21ClN4. The fourth-order valence-corrected chi connectivity index (χ4v) is 1.89. The molecule has 0 spiro atoms. The zero-order valence-corrected chi connectivity index (χ0v) is 11.7. The molecule has 0 saturated heterocycles. The summed E-state index contributed by atoms with van der Waals surface area (Å²) in [7, 11) is 0. The number of nitrogens with one attached hydrogen (secondary N) is 2. The maximum atomic E-state index is 6.14. The zero-order chi connectivity index (χ0) is 13.4. The SMILES string of the molecule is CCCCN=C(NN)NC(C)c1ccccc1Cl. The number of aliphatic imine (C=N–C) groups is 1. The molecule has 1 aromatic rings. The molecule has 1 rings (SSSR count). The quantitative estimate of drug-likeness (QED) is 0.253. The van der Waals surface area contributed by atoms with E-state index in [1.54, 1.807) is 0 Å². The summed E-state index contributed by atoms with van der Waals surface area (Å²) in [5.74, 6) is 6.04. The van der Waals surface area contributed by atoms with Crippen LogP contribution in [-0.4, -0.2) is 12.5 Å². The van der Waals surface area contributed by atoms with Gasteiger partial charge in [0.15, 0.2) is 0 Å². The Bertz CT molecular complexity index is 392. The minimum absolute atomic E-state index is 0.0510. The van der Waals surface area contributed by atoms with E-state index in [2.05, 4.69) is 22.7 Å². The van der Waals surface area contributed by atoms with Crippen molar-refractivity contribution < 1.29 is 0 Å². The molecule has 0 aliphatic heterocycles. The molecule has 1 unspecified atom stereocenters. The molecule has 0 aromatic heterocycles. The van der Waals surface area contributed by atoms with E-state index in [0.29, 0.717) is 5.96 Å². The van der Waals surface area contributed by atoms with Crippen LogP contribution in [0.2, 0.25) is 5.02 Å². The van der Waals surface area contributed by atoms with Crippen LogP contribution >= 0.6 is 11.6 Å². The van der Waals surface area contributed by atoms with E-state index in [-0.39, 0.29) is 6.04 Å². The highest BCUT2D eigenvalue weighted by atomic mass is 35.5. The second-order valence-electron chi connectivity index (χ2n) is 4.12.